The Morgan fingerprint density at radius 3 is 2.72 bits per heavy atom. The lowest BCUT2D eigenvalue weighted by Crippen LogP contribution is -2.41. The summed E-state index contributed by atoms with van der Waals surface area (Å²) in [6.45, 7) is 2.03. The van der Waals surface area contributed by atoms with Crippen LogP contribution in [0.25, 0.3) is 10.1 Å². The second-order valence-corrected chi connectivity index (χ2v) is 10.4. The molecule has 0 amide bonds. The number of likely N-dealkylation sites (tertiary alicyclic amines) is 1. The summed E-state index contributed by atoms with van der Waals surface area (Å²) in [5.41, 5.74) is 1.38. The molecule has 5 rings (SSSR count). The van der Waals surface area contributed by atoms with Crippen molar-refractivity contribution in [1.29, 1.82) is 0 Å². The molecule has 0 aliphatic carbocycles. The summed E-state index contributed by atoms with van der Waals surface area (Å²) >= 11 is 1.39. The van der Waals surface area contributed by atoms with Crippen molar-refractivity contribution in [3.05, 3.63) is 64.5 Å². The number of esters is 1. The van der Waals surface area contributed by atoms with Crippen molar-refractivity contribution in [3.8, 4) is 0 Å². The summed E-state index contributed by atoms with van der Waals surface area (Å²) in [6, 6.07) is 13.7. The van der Waals surface area contributed by atoms with Crippen LogP contribution in [0.15, 0.2) is 57.8 Å². The molecular weight excluding hydrogens is 448 g/mol. The lowest BCUT2D eigenvalue weighted by atomic mass is 10.1. The summed E-state index contributed by atoms with van der Waals surface area (Å²) in [5.74, 6) is -0.515. The van der Waals surface area contributed by atoms with Crippen LogP contribution < -0.4 is 0 Å². The van der Waals surface area contributed by atoms with E-state index >= 15 is 0 Å². The number of nitrogens with zero attached hydrogens (tertiary/aromatic N) is 2. The molecule has 9 heteroatoms. The quantitative estimate of drug-likeness (QED) is 0.429. The molecule has 2 aliphatic rings. The topological polar surface area (TPSA) is 93.1 Å². The minimum Gasteiger partial charge on any atom is -0.456 e. The van der Waals surface area contributed by atoms with Crippen molar-refractivity contribution in [2.75, 3.05) is 13.2 Å². The van der Waals surface area contributed by atoms with Crippen molar-refractivity contribution < 1.29 is 22.7 Å². The van der Waals surface area contributed by atoms with Gasteiger partial charge in [0.25, 0.3) is 10.0 Å². The van der Waals surface area contributed by atoms with Gasteiger partial charge in [0.15, 0.2) is 12.4 Å². The van der Waals surface area contributed by atoms with Gasteiger partial charge >= 0.3 is 5.97 Å². The number of fused-ring (bicyclic) bond motifs is 2. The van der Waals surface area contributed by atoms with Gasteiger partial charge in [0, 0.05) is 16.8 Å². The highest BCUT2D eigenvalue weighted by molar-refractivity contribution is 7.90. The van der Waals surface area contributed by atoms with E-state index in [-0.39, 0.29) is 23.1 Å². The first-order valence-electron chi connectivity index (χ1n) is 10.3. The Labute approximate surface area is 189 Å². The fourth-order valence-corrected chi connectivity index (χ4v) is 6.65. The van der Waals surface area contributed by atoms with E-state index in [2.05, 4.69) is 4.40 Å². The maximum atomic E-state index is 12.9. The normalized spacial score (nSPS) is 19.1. The number of ketones is 1. The zero-order valence-corrected chi connectivity index (χ0v) is 18.9. The molecule has 1 atom stereocenters. The third kappa shape index (κ3) is 3.41. The predicted octanol–water partition coefficient (Wildman–Crippen LogP) is 3.55. The van der Waals surface area contributed by atoms with E-state index in [1.54, 1.807) is 23.1 Å². The number of Topliss-reactive ketones (excluding diaryl/α,β-unsaturated/α-hetero) is 1. The molecule has 0 bridgehead atoms. The first-order chi connectivity index (χ1) is 15.4. The molecule has 1 fully saturated rings. The molecule has 0 unspecified atom stereocenters. The van der Waals surface area contributed by atoms with Crippen LogP contribution in [-0.4, -0.2) is 50.1 Å². The molecule has 2 aliphatic heterocycles. The predicted molar refractivity (Wildman–Crippen MR) is 122 cm³/mol. The number of hydrogen-bond acceptors (Lipinski definition) is 7. The van der Waals surface area contributed by atoms with Crippen LogP contribution in [0.2, 0.25) is 0 Å². The van der Waals surface area contributed by atoms with Crippen LogP contribution in [0.4, 0.5) is 0 Å². The van der Waals surface area contributed by atoms with Gasteiger partial charge in [0.2, 0.25) is 5.78 Å². The first kappa shape index (κ1) is 20.8. The van der Waals surface area contributed by atoms with E-state index in [0.29, 0.717) is 29.8 Å². The number of aryl methyl sites for hydroxylation is 1. The fourth-order valence-electron chi connectivity index (χ4n) is 4.30. The zero-order valence-electron chi connectivity index (χ0n) is 17.3. The SMILES string of the molecule is Cc1c(C(=O)COC(=O)[C@@H]2CCCN2C2=NS(=O)(=O)c3ccccc32)sc2ccccc12. The van der Waals surface area contributed by atoms with Gasteiger partial charge in [-0.25, -0.2) is 4.79 Å². The highest BCUT2D eigenvalue weighted by atomic mass is 32.2. The molecule has 32 heavy (non-hydrogen) atoms. The lowest BCUT2D eigenvalue weighted by molar-refractivity contribution is -0.146. The third-order valence-electron chi connectivity index (χ3n) is 5.85. The minimum atomic E-state index is -3.78. The molecule has 0 N–H and O–H groups in total. The Morgan fingerprint density at radius 2 is 1.91 bits per heavy atom. The van der Waals surface area contributed by atoms with Crippen molar-refractivity contribution in [3.63, 3.8) is 0 Å². The van der Waals surface area contributed by atoms with Crippen LogP contribution >= 0.6 is 11.3 Å². The summed E-state index contributed by atoms with van der Waals surface area (Å²) < 4.78 is 35.1. The molecule has 1 saturated heterocycles. The van der Waals surface area contributed by atoms with Gasteiger partial charge in [0.1, 0.15) is 10.9 Å². The molecule has 164 valence electrons. The molecule has 0 saturated carbocycles. The second-order valence-electron chi connectivity index (χ2n) is 7.82. The summed E-state index contributed by atoms with van der Waals surface area (Å²) in [4.78, 5) is 28.0. The first-order valence-corrected chi connectivity index (χ1v) is 12.5. The number of ether oxygens (including phenoxy) is 1. The highest BCUT2D eigenvalue weighted by Gasteiger charge is 2.40. The van der Waals surface area contributed by atoms with Gasteiger partial charge < -0.3 is 9.64 Å². The van der Waals surface area contributed by atoms with Crippen LogP contribution in [-0.2, 0) is 19.6 Å². The monoisotopic (exact) mass is 468 g/mol. The van der Waals surface area contributed by atoms with Crippen molar-refractivity contribution >= 4 is 49.0 Å². The van der Waals surface area contributed by atoms with Crippen molar-refractivity contribution in [2.24, 2.45) is 4.40 Å². The molecule has 0 radical (unpaired) electrons. The van der Waals surface area contributed by atoms with Crippen LogP contribution in [0.5, 0.6) is 0 Å². The van der Waals surface area contributed by atoms with E-state index < -0.39 is 22.0 Å². The summed E-state index contributed by atoms with van der Waals surface area (Å²) in [5, 5.41) is 1.02. The van der Waals surface area contributed by atoms with E-state index in [9.17, 15) is 18.0 Å². The molecule has 0 spiro atoms. The third-order valence-corrected chi connectivity index (χ3v) is 8.49. The molecule has 2 aromatic carbocycles. The van der Waals surface area contributed by atoms with E-state index in [1.165, 1.54) is 17.4 Å². The molecule has 7 nitrogen and oxygen atoms in total. The Bertz CT molecular complexity index is 1390. The smallest absolute Gasteiger partial charge is 0.329 e. The molecule has 1 aromatic heterocycles. The van der Waals surface area contributed by atoms with Crippen molar-refractivity contribution in [2.45, 2.75) is 30.7 Å². The van der Waals surface area contributed by atoms with Gasteiger partial charge in [0.05, 0.1) is 4.88 Å². The number of thiophene rings is 1. The molecule has 3 heterocycles. The van der Waals surface area contributed by atoms with Crippen LogP contribution in [0, 0.1) is 6.92 Å². The van der Waals surface area contributed by atoms with Gasteiger partial charge in [-0.05, 0) is 48.9 Å². The second kappa shape index (κ2) is 7.83. The highest BCUT2D eigenvalue weighted by Crippen LogP contribution is 2.32. The van der Waals surface area contributed by atoms with Gasteiger partial charge in [-0.15, -0.1) is 15.7 Å². The molecular formula is C23H20N2O5S2. The number of carbonyl (C=O) groups excluding carboxylic acids is 2. The van der Waals surface area contributed by atoms with E-state index in [4.69, 9.17) is 4.74 Å². The Morgan fingerprint density at radius 1 is 1.16 bits per heavy atom. The number of benzene rings is 2. The largest absolute Gasteiger partial charge is 0.456 e. The van der Waals surface area contributed by atoms with Gasteiger partial charge in [-0.1, -0.05) is 30.3 Å². The maximum Gasteiger partial charge on any atom is 0.329 e. The van der Waals surface area contributed by atoms with Crippen LogP contribution in [0.3, 0.4) is 0 Å². The Kier molecular flexibility index (Phi) is 5.10. The number of rotatable bonds is 4. The number of sulfonamides is 1. The fraction of sp³-hybridized carbons (Fsp3) is 0.261. The van der Waals surface area contributed by atoms with E-state index in [1.807, 2.05) is 31.2 Å². The summed E-state index contributed by atoms with van der Waals surface area (Å²) in [7, 11) is -3.78. The van der Waals surface area contributed by atoms with E-state index in [0.717, 1.165) is 15.6 Å². The minimum absolute atomic E-state index is 0.143. The number of hydrogen-bond donors (Lipinski definition) is 0. The standard InChI is InChI=1S/C23H20N2O5S2/c1-14-15-7-2-4-10-19(15)31-21(14)18(26)13-30-23(27)17-9-6-12-25(17)22-16-8-3-5-11-20(16)32(28,29)24-22/h2-5,7-8,10-11,17H,6,9,12-13H2,1H3/t17-/m0/s1. The zero-order chi connectivity index (χ0) is 22.5. The number of amidine groups is 1. The maximum absolute atomic E-state index is 12.9. The summed E-state index contributed by atoms with van der Waals surface area (Å²) in [6.07, 6.45) is 1.21. The van der Waals surface area contributed by atoms with Gasteiger partial charge in [-0.3, -0.25) is 4.79 Å². The van der Waals surface area contributed by atoms with Gasteiger partial charge in [-0.2, -0.15) is 8.42 Å². The average Bonchev–Trinajstić information content (AvgIpc) is 3.47. The molecule has 3 aromatic rings. The lowest BCUT2D eigenvalue weighted by Gasteiger charge is -2.24. The number of carbonyl (C=O) groups is 2. The van der Waals surface area contributed by atoms with Crippen molar-refractivity contribution in [1.82, 2.24) is 4.90 Å². The Hall–Kier alpha value is -3.04. The Balaban J connectivity index is 1.33. The van der Waals surface area contributed by atoms with Crippen LogP contribution in [0.1, 0.15) is 33.6 Å². The average molecular weight is 469 g/mol.